The van der Waals surface area contributed by atoms with E-state index in [2.05, 4.69) is 26.1 Å². The Balaban J connectivity index is 2.54. The van der Waals surface area contributed by atoms with Crippen molar-refractivity contribution in [1.82, 2.24) is 0 Å². The molecule has 1 rings (SSSR count). The summed E-state index contributed by atoms with van der Waals surface area (Å²) in [4.78, 5) is 0.218. The fraction of sp³-hybridized carbons (Fsp3) is 0.533. The van der Waals surface area contributed by atoms with Crippen LogP contribution in [0.1, 0.15) is 45.6 Å². The summed E-state index contributed by atoms with van der Waals surface area (Å²) in [7, 11) is 0. The Kier molecular flexibility index (Phi) is 6.22. The Morgan fingerprint density at radius 2 is 2.00 bits per heavy atom. The van der Waals surface area contributed by atoms with Gasteiger partial charge in [-0.15, -0.1) is 0 Å². The quantitative estimate of drug-likeness (QED) is 0.740. The normalized spacial score (nSPS) is 12.5. The molecule has 0 radical (unpaired) electrons. The first-order valence-electron chi connectivity index (χ1n) is 6.76. The second kappa shape index (κ2) is 7.43. The smallest absolute Gasteiger partial charge is 0.146 e. The molecule has 0 bridgehead atoms. The summed E-state index contributed by atoms with van der Waals surface area (Å²) < 4.78 is 13.8. The first-order valence-corrected chi connectivity index (χ1v) is 7.17. The minimum Gasteiger partial charge on any atom is -0.389 e. The Labute approximate surface area is 120 Å². The van der Waals surface area contributed by atoms with Crippen LogP contribution in [-0.2, 0) is 0 Å². The lowest BCUT2D eigenvalue weighted by molar-refractivity contribution is 0.519. The van der Waals surface area contributed by atoms with Crippen molar-refractivity contribution in [2.24, 2.45) is 11.7 Å². The van der Waals surface area contributed by atoms with E-state index in [-0.39, 0.29) is 16.8 Å². The van der Waals surface area contributed by atoms with Crippen molar-refractivity contribution < 1.29 is 4.39 Å². The third-order valence-corrected chi connectivity index (χ3v) is 3.31. The molecule has 0 fully saturated rings. The minimum atomic E-state index is -0.305. The average molecular weight is 282 g/mol. The molecule has 1 aromatic rings. The highest BCUT2D eigenvalue weighted by Crippen LogP contribution is 2.18. The van der Waals surface area contributed by atoms with Crippen LogP contribution in [0.15, 0.2) is 18.2 Å². The lowest BCUT2D eigenvalue weighted by Gasteiger charge is -2.16. The first kappa shape index (κ1) is 15.9. The van der Waals surface area contributed by atoms with Crippen LogP contribution in [0.25, 0.3) is 0 Å². The van der Waals surface area contributed by atoms with Crippen LogP contribution in [0, 0.1) is 11.7 Å². The molecule has 0 aliphatic carbocycles. The fourth-order valence-corrected chi connectivity index (χ4v) is 2.08. The van der Waals surface area contributed by atoms with Crippen LogP contribution < -0.4 is 11.1 Å². The second-order valence-corrected chi connectivity index (χ2v) is 5.87. The van der Waals surface area contributed by atoms with Gasteiger partial charge in [0.15, 0.2) is 0 Å². The SMILES string of the molecule is CC(C)CCCC(C)Nc1ccc(C(N)=S)cc1F. The van der Waals surface area contributed by atoms with E-state index in [1.165, 1.54) is 12.5 Å². The Morgan fingerprint density at radius 1 is 1.32 bits per heavy atom. The van der Waals surface area contributed by atoms with E-state index in [9.17, 15) is 4.39 Å². The van der Waals surface area contributed by atoms with Gasteiger partial charge in [0.05, 0.1) is 5.69 Å². The molecule has 106 valence electrons. The first-order chi connectivity index (χ1) is 8.90. The van der Waals surface area contributed by atoms with Gasteiger partial charge in [-0.2, -0.15) is 0 Å². The van der Waals surface area contributed by atoms with Gasteiger partial charge in [-0.1, -0.05) is 38.9 Å². The summed E-state index contributed by atoms with van der Waals surface area (Å²) in [6.07, 6.45) is 3.39. The van der Waals surface area contributed by atoms with Gasteiger partial charge in [0.25, 0.3) is 0 Å². The molecule has 0 saturated heterocycles. The van der Waals surface area contributed by atoms with Crippen LogP contribution in [0.2, 0.25) is 0 Å². The molecule has 0 aliphatic rings. The Bertz CT molecular complexity index is 432. The second-order valence-electron chi connectivity index (χ2n) is 5.43. The summed E-state index contributed by atoms with van der Waals surface area (Å²) >= 11 is 4.83. The number of benzene rings is 1. The van der Waals surface area contributed by atoms with Gasteiger partial charge in [0.2, 0.25) is 0 Å². The van der Waals surface area contributed by atoms with E-state index < -0.39 is 0 Å². The van der Waals surface area contributed by atoms with Gasteiger partial charge in [0, 0.05) is 11.6 Å². The molecular weight excluding hydrogens is 259 g/mol. The summed E-state index contributed by atoms with van der Waals surface area (Å²) in [6.45, 7) is 6.50. The summed E-state index contributed by atoms with van der Waals surface area (Å²) in [5.41, 5.74) is 6.54. The average Bonchev–Trinajstić information content (AvgIpc) is 2.31. The summed E-state index contributed by atoms with van der Waals surface area (Å²) in [5, 5.41) is 3.19. The van der Waals surface area contributed by atoms with Crippen LogP contribution in [0.4, 0.5) is 10.1 Å². The maximum Gasteiger partial charge on any atom is 0.146 e. The van der Waals surface area contributed by atoms with Gasteiger partial charge in [-0.3, -0.25) is 0 Å². The molecule has 19 heavy (non-hydrogen) atoms. The predicted octanol–water partition coefficient (Wildman–Crippen LogP) is 4.09. The monoisotopic (exact) mass is 282 g/mol. The highest BCUT2D eigenvalue weighted by Gasteiger charge is 2.08. The van der Waals surface area contributed by atoms with E-state index in [0.717, 1.165) is 12.8 Å². The van der Waals surface area contributed by atoms with Crippen LogP contribution >= 0.6 is 12.2 Å². The molecule has 1 atom stereocenters. The van der Waals surface area contributed by atoms with Crippen molar-refractivity contribution in [3.8, 4) is 0 Å². The number of anilines is 1. The molecule has 4 heteroatoms. The summed E-state index contributed by atoms with van der Waals surface area (Å²) in [5.74, 6) is 0.412. The zero-order valence-electron chi connectivity index (χ0n) is 11.9. The van der Waals surface area contributed by atoms with Gasteiger partial charge in [0.1, 0.15) is 10.8 Å². The number of rotatable bonds is 7. The minimum absolute atomic E-state index is 0.218. The zero-order valence-corrected chi connectivity index (χ0v) is 12.7. The molecule has 1 aromatic carbocycles. The van der Waals surface area contributed by atoms with E-state index in [1.54, 1.807) is 12.1 Å². The van der Waals surface area contributed by atoms with E-state index in [1.807, 2.05) is 0 Å². The number of halogens is 1. The molecule has 0 heterocycles. The number of nitrogens with one attached hydrogen (secondary N) is 1. The van der Waals surface area contributed by atoms with Gasteiger partial charge in [-0.05, 0) is 37.5 Å². The molecule has 0 spiro atoms. The van der Waals surface area contributed by atoms with Crippen molar-refractivity contribution in [2.45, 2.75) is 46.1 Å². The molecule has 0 aliphatic heterocycles. The van der Waals surface area contributed by atoms with Crippen molar-refractivity contribution >= 4 is 22.9 Å². The maximum atomic E-state index is 13.8. The maximum absolute atomic E-state index is 13.8. The largest absolute Gasteiger partial charge is 0.389 e. The lowest BCUT2D eigenvalue weighted by atomic mass is 10.0. The van der Waals surface area contributed by atoms with Crippen LogP contribution in [0.5, 0.6) is 0 Å². The Morgan fingerprint density at radius 3 is 2.53 bits per heavy atom. The highest BCUT2D eigenvalue weighted by molar-refractivity contribution is 7.80. The molecular formula is C15H23FN2S. The van der Waals surface area contributed by atoms with Crippen LogP contribution in [0.3, 0.4) is 0 Å². The van der Waals surface area contributed by atoms with E-state index in [0.29, 0.717) is 17.2 Å². The molecule has 3 N–H and O–H groups in total. The standard InChI is InChI=1S/C15H23FN2S/c1-10(2)5-4-6-11(3)18-14-8-7-12(15(17)19)9-13(14)16/h7-11,18H,4-6H2,1-3H3,(H2,17,19). The summed E-state index contributed by atoms with van der Waals surface area (Å²) in [6, 6.07) is 5.08. The third-order valence-electron chi connectivity index (χ3n) is 3.07. The number of hydrogen-bond acceptors (Lipinski definition) is 2. The Hall–Kier alpha value is -1.16. The van der Waals surface area contributed by atoms with Gasteiger partial charge >= 0.3 is 0 Å². The van der Waals surface area contributed by atoms with Crippen molar-refractivity contribution in [2.75, 3.05) is 5.32 Å². The van der Waals surface area contributed by atoms with E-state index in [4.69, 9.17) is 18.0 Å². The molecule has 0 saturated carbocycles. The third kappa shape index (κ3) is 5.55. The molecule has 0 aromatic heterocycles. The van der Waals surface area contributed by atoms with E-state index >= 15 is 0 Å². The van der Waals surface area contributed by atoms with Crippen molar-refractivity contribution in [3.63, 3.8) is 0 Å². The predicted molar refractivity (Wildman–Crippen MR) is 84.1 cm³/mol. The fourth-order valence-electron chi connectivity index (χ4n) is 1.96. The number of hydrogen-bond donors (Lipinski definition) is 2. The molecule has 0 amide bonds. The number of nitrogens with two attached hydrogens (primary N) is 1. The lowest BCUT2D eigenvalue weighted by Crippen LogP contribution is -2.17. The highest BCUT2D eigenvalue weighted by atomic mass is 32.1. The zero-order chi connectivity index (χ0) is 14.4. The topological polar surface area (TPSA) is 38.0 Å². The van der Waals surface area contributed by atoms with Gasteiger partial charge in [-0.25, -0.2) is 4.39 Å². The van der Waals surface area contributed by atoms with Crippen molar-refractivity contribution in [1.29, 1.82) is 0 Å². The molecule has 1 unspecified atom stereocenters. The van der Waals surface area contributed by atoms with Crippen molar-refractivity contribution in [3.05, 3.63) is 29.6 Å². The van der Waals surface area contributed by atoms with Crippen LogP contribution in [-0.4, -0.2) is 11.0 Å². The number of thiocarbonyl (C=S) groups is 1. The van der Waals surface area contributed by atoms with Gasteiger partial charge < -0.3 is 11.1 Å². The molecule has 2 nitrogen and oxygen atoms in total.